The van der Waals surface area contributed by atoms with Crippen molar-refractivity contribution in [3.05, 3.63) is 42.0 Å². The van der Waals surface area contributed by atoms with Gasteiger partial charge in [-0.15, -0.1) is 0 Å². The normalized spacial score (nSPS) is 10.6. The summed E-state index contributed by atoms with van der Waals surface area (Å²) in [6.45, 7) is 5.01. The summed E-state index contributed by atoms with van der Waals surface area (Å²) in [4.78, 5) is 0. The summed E-state index contributed by atoms with van der Waals surface area (Å²) >= 11 is 0. The van der Waals surface area contributed by atoms with Crippen molar-refractivity contribution < 1.29 is 4.39 Å². The molecule has 0 aliphatic heterocycles. The van der Waals surface area contributed by atoms with Crippen molar-refractivity contribution >= 4 is 0 Å². The molecule has 0 aliphatic carbocycles. The van der Waals surface area contributed by atoms with Crippen molar-refractivity contribution in [2.75, 3.05) is 0 Å². The van der Waals surface area contributed by atoms with E-state index < -0.39 is 5.82 Å². The molecule has 0 radical (unpaired) electrons. The van der Waals surface area contributed by atoms with E-state index in [2.05, 4.69) is 18.9 Å². The Kier molecular flexibility index (Phi) is 3.42. The Bertz CT molecular complexity index is 593. The largest absolute Gasteiger partial charge is 0.272 e. The van der Waals surface area contributed by atoms with E-state index in [4.69, 9.17) is 5.26 Å². The second-order valence-corrected chi connectivity index (χ2v) is 4.65. The maximum atomic E-state index is 13.8. The van der Waals surface area contributed by atoms with Gasteiger partial charge in [0, 0.05) is 23.9 Å². The van der Waals surface area contributed by atoms with Crippen LogP contribution < -0.4 is 0 Å². The van der Waals surface area contributed by atoms with Crippen LogP contribution in [-0.4, -0.2) is 9.78 Å². The lowest BCUT2D eigenvalue weighted by atomic mass is 10.1. The second kappa shape index (κ2) is 5.01. The Labute approximate surface area is 105 Å². The van der Waals surface area contributed by atoms with Gasteiger partial charge in [0.05, 0.1) is 17.8 Å². The van der Waals surface area contributed by atoms with Crippen molar-refractivity contribution in [2.45, 2.75) is 20.4 Å². The summed E-state index contributed by atoms with van der Waals surface area (Å²) < 4.78 is 15.6. The van der Waals surface area contributed by atoms with Gasteiger partial charge < -0.3 is 0 Å². The highest BCUT2D eigenvalue weighted by Gasteiger charge is 2.09. The Morgan fingerprint density at radius 3 is 2.83 bits per heavy atom. The molecule has 4 heteroatoms. The average Bonchev–Trinajstić information content (AvgIpc) is 2.76. The van der Waals surface area contributed by atoms with Crippen LogP contribution in [0.15, 0.2) is 30.6 Å². The van der Waals surface area contributed by atoms with Gasteiger partial charge in [-0.1, -0.05) is 19.9 Å². The number of aromatic nitrogens is 2. The number of halogens is 1. The first kappa shape index (κ1) is 12.3. The number of hydrogen-bond donors (Lipinski definition) is 0. The zero-order valence-corrected chi connectivity index (χ0v) is 10.4. The van der Waals surface area contributed by atoms with Crippen molar-refractivity contribution in [1.29, 1.82) is 5.26 Å². The molecule has 0 amide bonds. The van der Waals surface area contributed by atoms with Crippen LogP contribution in [0.1, 0.15) is 19.4 Å². The molecule has 2 aromatic rings. The zero-order chi connectivity index (χ0) is 13.1. The van der Waals surface area contributed by atoms with Gasteiger partial charge in [0.2, 0.25) is 0 Å². The maximum absolute atomic E-state index is 13.8. The lowest BCUT2D eigenvalue weighted by Gasteiger charge is -2.03. The standard InChI is InChI=1S/C14H14FN3/c1-10(2)8-18-9-12(7-17-18)13-4-3-11(6-16)5-14(13)15/h3-5,7,9-10H,8H2,1-2H3. The first-order valence-electron chi connectivity index (χ1n) is 5.82. The molecule has 18 heavy (non-hydrogen) atoms. The highest BCUT2D eigenvalue weighted by Crippen LogP contribution is 2.23. The fourth-order valence-corrected chi connectivity index (χ4v) is 1.80. The topological polar surface area (TPSA) is 41.6 Å². The first-order chi connectivity index (χ1) is 8.60. The predicted octanol–water partition coefficient (Wildman–Crippen LogP) is 3.22. The van der Waals surface area contributed by atoms with Crippen molar-refractivity contribution in [3.63, 3.8) is 0 Å². The fourth-order valence-electron chi connectivity index (χ4n) is 1.80. The third-order valence-corrected chi connectivity index (χ3v) is 2.59. The molecule has 2 rings (SSSR count). The molecule has 1 heterocycles. The summed E-state index contributed by atoms with van der Waals surface area (Å²) in [6, 6.07) is 6.39. The van der Waals surface area contributed by atoms with Crippen LogP contribution in [0.4, 0.5) is 4.39 Å². The van der Waals surface area contributed by atoms with Gasteiger partial charge in [-0.2, -0.15) is 10.4 Å². The van der Waals surface area contributed by atoms with Crippen molar-refractivity contribution in [2.24, 2.45) is 5.92 Å². The Morgan fingerprint density at radius 2 is 2.22 bits per heavy atom. The quantitative estimate of drug-likeness (QED) is 0.830. The van der Waals surface area contributed by atoms with Gasteiger partial charge >= 0.3 is 0 Å². The van der Waals surface area contributed by atoms with Crippen LogP contribution in [0.2, 0.25) is 0 Å². The second-order valence-electron chi connectivity index (χ2n) is 4.65. The van der Waals surface area contributed by atoms with Crippen LogP contribution in [0, 0.1) is 23.1 Å². The van der Waals surface area contributed by atoms with E-state index in [0.717, 1.165) is 12.1 Å². The van der Waals surface area contributed by atoms with Crippen LogP contribution in [-0.2, 0) is 6.54 Å². The zero-order valence-electron chi connectivity index (χ0n) is 10.4. The van der Waals surface area contributed by atoms with E-state index in [9.17, 15) is 4.39 Å². The van der Waals surface area contributed by atoms with E-state index in [-0.39, 0.29) is 0 Å². The number of benzene rings is 1. The van der Waals surface area contributed by atoms with Crippen LogP contribution in [0.5, 0.6) is 0 Å². The van der Waals surface area contributed by atoms with Gasteiger partial charge in [-0.05, 0) is 18.1 Å². The molecule has 0 unspecified atom stereocenters. The number of nitrogens with zero attached hydrogens (tertiary/aromatic N) is 3. The highest BCUT2D eigenvalue weighted by atomic mass is 19.1. The van der Waals surface area contributed by atoms with E-state index >= 15 is 0 Å². The molecule has 0 N–H and O–H groups in total. The lowest BCUT2D eigenvalue weighted by molar-refractivity contribution is 0.483. The smallest absolute Gasteiger partial charge is 0.132 e. The van der Waals surface area contributed by atoms with Crippen LogP contribution in [0.25, 0.3) is 11.1 Å². The van der Waals surface area contributed by atoms with Crippen LogP contribution >= 0.6 is 0 Å². The highest BCUT2D eigenvalue weighted by molar-refractivity contribution is 5.63. The molecule has 92 valence electrons. The van der Waals surface area contributed by atoms with Gasteiger partial charge in [0.15, 0.2) is 0 Å². The van der Waals surface area contributed by atoms with E-state index in [0.29, 0.717) is 17.0 Å². The third-order valence-electron chi connectivity index (χ3n) is 2.59. The molecular weight excluding hydrogens is 229 g/mol. The van der Waals surface area contributed by atoms with Crippen LogP contribution in [0.3, 0.4) is 0 Å². The molecule has 3 nitrogen and oxygen atoms in total. The fraction of sp³-hybridized carbons (Fsp3) is 0.286. The average molecular weight is 243 g/mol. The summed E-state index contributed by atoms with van der Waals surface area (Å²) in [7, 11) is 0. The number of hydrogen-bond acceptors (Lipinski definition) is 2. The SMILES string of the molecule is CC(C)Cn1cc(-c2ccc(C#N)cc2F)cn1. The molecule has 1 aromatic carbocycles. The van der Waals surface area contributed by atoms with Crippen molar-refractivity contribution in [3.8, 4) is 17.2 Å². The molecule has 0 fully saturated rings. The summed E-state index contributed by atoms with van der Waals surface area (Å²) in [5, 5.41) is 12.9. The van der Waals surface area contributed by atoms with E-state index in [1.54, 1.807) is 23.0 Å². The Hall–Kier alpha value is -2.15. The number of nitriles is 1. The van der Waals surface area contributed by atoms with Gasteiger partial charge in [0.25, 0.3) is 0 Å². The van der Waals surface area contributed by atoms with E-state index in [1.165, 1.54) is 6.07 Å². The minimum atomic E-state index is -0.391. The molecule has 0 bridgehead atoms. The predicted molar refractivity (Wildman–Crippen MR) is 67.2 cm³/mol. The molecule has 0 aliphatic rings. The number of rotatable bonds is 3. The first-order valence-corrected chi connectivity index (χ1v) is 5.82. The lowest BCUT2D eigenvalue weighted by Crippen LogP contribution is -2.04. The van der Waals surface area contributed by atoms with E-state index in [1.807, 2.05) is 12.3 Å². The van der Waals surface area contributed by atoms with Gasteiger partial charge in [-0.25, -0.2) is 4.39 Å². The molecule has 0 saturated carbocycles. The molecular formula is C14H14FN3. The minimum absolute atomic E-state index is 0.325. The summed E-state index contributed by atoms with van der Waals surface area (Å²) in [5.74, 6) is 0.0988. The molecule has 0 saturated heterocycles. The monoisotopic (exact) mass is 243 g/mol. The minimum Gasteiger partial charge on any atom is -0.272 e. The molecule has 1 aromatic heterocycles. The van der Waals surface area contributed by atoms with Gasteiger partial charge in [-0.3, -0.25) is 4.68 Å². The van der Waals surface area contributed by atoms with Gasteiger partial charge in [0.1, 0.15) is 5.82 Å². The summed E-state index contributed by atoms with van der Waals surface area (Å²) in [6.07, 6.45) is 3.47. The summed E-state index contributed by atoms with van der Waals surface area (Å²) in [5.41, 5.74) is 1.53. The Morgan fingerprint density at radius 1 is 1.44 bits per heavy atom. The van der Waals surface area contributed by atoms with Crippen molar-refractivity contribution in [1.82, 2.24) is 9.78 Å². The maximum Gasteiger partial charge on any atom is 0.132 e. The Balaban J connectivity index is 2.32. The third kappa shape index (κ3) is 2.57. The molecule has 0 atom stereocenters. The molecule has 0 spiro atoms.